The van der Waals surface area contributed by atoms with Gasteiger partial charge in [-0.1, -0.05) is 25.4 Å². The van der Waals surface area contributed by atoms with Crippen molar-refractivity contribution in [3.05, 3.63) is 23.2 Å². The fourth-order valence-electron chi connectivity index (χ4n) is 1.98. The highest BCUT2D eigenvalue weighted by molar-refractivity contribution is 7.89. The summed E-state index contributed by atoms with van der Waals surface area (Å²) in [6.07, 6.45) is 0. The average molecular weight is 365 g/mol. The molecular formula is C15H25ClN2O4S. The second-order valence-electron chi connectivity index (χ2n) is 4.83. The van der Waals surface area contributed by atoms with Crippen LogP contribution >= 0.6 is 11.6 Å². The number of likely N-dealkylation sites (N-methyl/N-ethyl adjacent to an activating group) is 1. The van der Waals surface area contributed by atoms with E-state index in [1.807, 2.05) is 0 Å². The number of nitrogens with zero attached hydrogens (tertiary/aromatic N) is 1. The Morgan fingerprint density at radius 1 is 1.22 bits per heavy atom. The Hall–Kier alpha value is -0.860. The van der Waals surface area contributed by atoms with Crippen LogP contribution in [0, 0.1) is 0 Å². The molecule has 0 radical (unpaired) electrons. The van der Waals surface area contributed by atoms with Crippen molar-refractivity contribution in [3.8, 4) is 5.75 Å². The molecule has 8 heteroatoms. The third-order valence-electron chi connectivity index (χ3n) is 3.42. The summed E-state index contributed by atoms with van der Waals surface area (Å²) in [6.45, 7) is 8.10. The van der Waals surface area contributed by atoms with Gasteiger partial charge < -0.3 is 14.4 Å². The Labute approximate surface area is 143 Å². The van der Waals surface area contributed by atoms with Crippen LogP contribution in [0.4, 0.5) is 0 Å². The van der Waals surface area contributed by atoms with E-state index in [1.54, 1.807) is 0 Å². The number of hydrogen-bond donors (Lipinski definition) is 1. The lowest BCUT2D eigenvalue weighted by molar-refractivity contribution is 0.111. The third kappa shape index (κ3) is 6.64. The largest absolute Gasteiger partial charge is 0.495 e. The molecule has 1 aromatic rings. The molecule has 0 bridgehead atoms. The first-order chi connectivity index (χ1) is 10.9. The maximum Gasteiger partial charge on any atom is 0.240 e. The van der Waals surface area contributed by atoms with Gasteiger partial charge in [0.15, 0.2) is 0 Å². The highest BCUT2D eigenvalue weighted by atomic mass is 35.5. The van der Waals surface area contributed by atoms with E-state index < -0.39 is 10.0 Å². The van der Waals surface area contributed by atoms with Crippen molar-refractivity contribution in [1.82, 2.24) is 9.62 Å². The minimum atomic E-state index is -3.60. The minimum absolute atomic E-state index is 0.103. The second-order valence-corrected chi connectivity index (χ2v) is 7.01. The second kappa shape index (κ2) is 10.1. The van der Waals surface area contributed by atoms with E-state index in [0.717, 1.165) is 19.6 Å². The smallest absolute Gasteiger partial charge is 0.240 e. The predicted molar refractivity (Wildman–Crippen MR) is 91.8 cm³/mol. The number of ether oxygens (including phenoxy) is 2. The highest BCUT2D eigenvalue weighted by Crippen LogP contribution is 2.26. The number of hydrogen-bond acceptors (Lipinski definition) is 5. The van der Waals surface area contributed by atoms with Gasteiger partial charge in [0.2, 0.25) is 10.0 Å². The van der Waals surface area contributed by atoms with Crippen LogP contribution in [0.5, 0.6) is 5.75 Å². The van der Waals surface area contributed by atoms with Crippen molar-refractivity contribution in [2.24, 2.45) is 0 Å². The molecule has 0 aliphatic carbocycles. The Morgan fingerprint density at radius 3 is 2.48 bits per heavy atom. The summed E-state index contributed by atoms with van der Waals surface area (Å²) in [5.74, 6) is 0.436. The molecule has 1 N–H and O–H groups in total. The van der Waals surface area contributed by atoms with Gasteiger partial charge in [0.25, 0.3) is 0 Å². The summed E-state index contributed by atoms with van der Waals surface area (Å²) in [6, 6.07) is 4.34. The number of halogens is 1. The maximum absolute atomic E-state index is 12.1. The van der Waals surface area contributed by atoms with E-state index in [9.17, 15) is 8.42 Å². The first kappa shape index (κ1) is 20.2. The van der Waals surface area contributed by atoms with Crippen molar-refractivity contribution in [2.45, 2.75) is 18.7 Å². The Morgan fingerprint density at radius 2 is 1.91 bits per heavy atom. The lowest BCUT2D eigenvalue weighted by Crippen LogP contribution is -2.30. The normalized spacial score (nSPS) is 11.9. The molecular weight excluding hydrogens is 340 g/mol. The molecule has 0 aliphatic rings. The van der Waals surface area contributed by atoms with Crippen LogP contribution in [0.25, 0.3) is 0 Å². The number of methoxy groups -OCH3 is 1. The van der Waals surface area contributed by atoms with Crippen molar-refractivity contribution >= 4 is 21.6 Å². The molecule has 132 valence electrons. The molecule has 0 unspecified atom stereocenters. The average Bonchev–Trinajstić information content (AvgIpc) is 2.54. The van der Waals surface area contributed by atoms with Crippen molar-refractivity contribution in [2.75, 3.05) is 46.5 Å². The molecule has 1 rings (SSSR count). The molecule has 0 aromatic heterocycles. The van der Waals surface area contributed by atoms with Crippen molar-refractivity contribution in [1.29, 1.82) is 0 Å². The van der Waals surface area contributed by atoms with Crippen LogP contribution in [0.15, 0.2) is 23.1 Å². The SMILES string of the molecule is CCN(CC)CCOCCNS(=O)(=O)c1ccc(OC)c(Cl)c1. The van der Waals surface area contributed by atoms with Crippen LogP contribution in [0.1, 0.15) is 13.8 Å². The fourth-order valence-corrected chi connectivity index (χ4v) is 3.34. The van der Waals surface area contributed by atoms with E-state index in [2.05, 4.69) is 23.5 Å². The maximum atomic E-state index is 12.1. The van der Waals surface area contributed by atoms with E-state index in [0.29, 0.717) is 19.0 Å². The lowest BCUT2D eigenvalue weighted by atomic mass is 10.3. The zero-order valence-corrected chi connectivity index (χ0v) is 15.4. The van der Waals surface area contributed by atoms with E-state index >= 15 is 0 Å². The summed E-state index contributed by atoms with van der Waals surface area (Å²) in [4.78, 5) is 2.34. The quantitative estimate of drug-likeness (QED) is 0.608. The van der Waals surface area contributed by atoms with Gasteiger partial charge in [-0.3, -0.25) is 0 Å². The van der Waals surface area contributed by atoms with Crippen LogP contribution in [-0.4, -0.2) is 59.8 Å². The summed E-state index contributed by atoms with van der Waals surface area (Å²) in [5.41, 5.74) is 0. The van der Waals surface area contributed by atoms with Gasteiger partial charge in [-0.2, -0.15) is 0 Å². The first-order valence-electron chi connectivity index (χ1n) is 7.57. The summed E-state index contributed by atoms with van der Waals surface area (Å²) in [5, 5.41) is 0.255. The third-order valence-corrected chi connectivity index (χ3v) is 5.17. The minimum Gasteiger partial charge on any atom is -0.495 e. The molecule has 0 aliphatic heterocycles. The van der Waals surface area contributed by atoms with Crippen molar-refractivity contribution in [3.63, 3.8) is 0 Å². The molecule has 1 aromatic carbocycles. The van der Waals surface area contributed by atoms with E-state index in [4.69, 9.17) is 21.1 Å². The topological polar surface area (TPSA) is 67.9 Å². The first-order valence-corrected chi connectivity index (χ1v) is 9.44. The Balaban J connectivity index is 2.40. The van der Waals surface area contributed by atoms with Crippen LogP contribution in [0.2, 0.25) is 5.02 Å². The molecule has 23 heavy (non-hydrogen) atoms. The number of benzene rings is 1. The molecule has 0 saturated heterocycles. The molecule has 0 fully saturated rings. The van der Waals surface area contributed by atoms with Gasteiger partial charge in [-0.15, -0.1) is 0 Å². The van der Waals surface area contributed by atoms with Gasteiger partial charge in [-0.25, -0.2) is 13.1 Å². The Kier molecular flexibility index (Phi) is 8.86. The van der Waals surface area contributed by atoms with Gasteiger partial charge >= 0.3 is 0 Å². The molecule has 6 nitrogen and oxygen atoms in total. The Bertz CT molecular complexity index is 577. The van der Waals surface area contributed by atoms with Gasteiger partial charge in [0.1, 0.15) is 5.75 Å². The standard InChI is InChI=1S/C15H25ClN2O4S/c1-4-18(5-2)9-11-22-10-8-17-23(19,20)13-6-7-15(21-3)14(16)12-13/h6-7,12,17H,4-5,8-11H2,1-3H3. The summed E-state index contributed by atoms with van der Waals surface area (Å²) in [7, 11) is -2.13. The zero-order valence-electron chi connectivity index (χ0n) is 13.8. The summed E-state index contributed by atoms with van der Waals surface area (Å²) < 4.78 is 37.2. The van der Waals surface area contributed by atoms with Gasteiger partial charge in [0, 0.05) is 13.1 Å². The zero-order chi connectivity index (χ0) is 17.3. The fraction of sp³-hybridized carbons (Fsp3) is 0.600. The predicted octanol–water partition coefficient (Wildman–Crippen LogP) is 1.99. The van der Waals surface area contributed by atoms with Crippen LogP contribution in [-0.2, 0) is 14.8 Å². The van der Waals surface area contributed by atoms with Crippen LogP contribution in [0.3, 0.4) is 0 Å². The monoisotopic (exact) mass is 364 g/mol. The van der Waals surface area contributed by atoms with Gasteiger partial charge in [0.05, 0.1) is 30.2 Å². The van der Waals surface area contributed by atoms with Crippen molar-refractivity contribution < 1.29 is 17.9 Å². The summed E-state index contributed by atoms with van der Waals surface area (Å²) >= 11 is 5.95. The number of rotatable bonds is 11. The molecule has 0 saturated carbocycles. The molecule has 0 heterocycles. The highest BCUT2D eigenvalue weighted by Gasteiger charge is 2.15. The molecule has 0 amide bonds. The number of sulfonamides is 1. The van der Waals surface area contributed by atoms with Crippen LogP contribution < -0.4 is 9.46 Å². The number of nitrogens with one attached hydrogen (secondary N) is 1. The van der Waals surface area contributed by atoms with E-state index in [1.165, 1.54) is 25.3 Å². The lowest BCUT2D eigenvalue weighted by Gasteiger charge is -2.17. The van der Waals surface area contributed by atoms with E-state index in [-0.39, 0.29) is 16.5 Å². The molecule has 0 atom stereocenters. The van der Waals surface area contributed by atoms with Gasteiger partial charge in [-0.05, 0) is 31.3 Å². The molecule has 0 spiro atoms.